The van der Waals surface area contributed by atoms with Gasteiger partial charge in [0.2, 0.25) is 5.89 Å². The summed E-state index contributed by atoms with van der Waals surface area (Å²) in [4.78, 5) is 3.14. The SMILES string of the molecule is Cc1[nH]c(-c2nnc(C3CC3)o2)c(C)c1S(=O)(=O)Nc1ccc(F)cc1. The van der Waals surface area contributed by atoms with Gasteiger partial charge >= 0.3 is 0 Å². The van der Waals surface area contributed by atoms with Gasteiger partial charge < -0.3 is 9.40 Å². The highest BCUT2D eigenvalue weighted by Gasteiger charge is 2.31. The number of nitrogens with one attached hydrogen (secondary N) is 2. The first-order chi connectivity index (χ1) is 12.3. The number of nitrogens with zero attached hydrogens (tertiary/aromatic N) is 2. The molecule has 2 heterocycles. The van der Waals surface area contributed by atoms with E-state index in [1.807, 2.05) is 0 Å². The van der Waals surface area contributed by atoms with Crippen molar-refractivity contribution in [1.29, 1.82) is 0 Å². The van der Waals surface area contributed by atoms with Crippen LogP contribution in [0, 0.1) is 19.7 Å². The van der Waals surface area contributed by atoms with Crippen molar-refractivity contribution in [1.82, 2.24) is 15.2 Å². The molecule has 3 aromatic rings. The minimum atomic E-state index is -3.87. The van der Waals surface area contributed by atoms with E-state index in [0.29, 0.717) is 28.8 Å². The van der Waals surface area contributed by atoms with Crippen molar-refractivity contribution in [3.63, 3.8) is 0 Å². The molecule has 0 spiro atoms. The number of benzene rings is 1. The normalized spacial score (nSPS) is 14.6. The van der Waals surface area contributed by atoms with Crippen molar-refractivity contribution < 1.29 is 17.2 Å². The first-order valence-electron chi connectivity index (χ1n) is 8.16. The maximum atomic E-state index is 13.0. The predicted molar refractivity (Wildman–Crippen MR) is 92.7 cm³/mol. The van der Waals surface area contributed by atoms with Crippen molar-refractivity contribution in [3.05, 3.63) is 47.2 Å². The molecule has 1 aromatic carbocycles. The van der Waals surface area contributed by atoms with Gasteiger partial charge in [-0.15, -0.1) is 10.2 Å². The molecule has 1 aliphatic carbocycles. The Hall–Kier alpha value is -2.68. The monoisotopic (exact) mass is 376 g/mol. The number of rotatable bonds is 5. The second-order valence-electron chi connectivity index (χ2n) is 6.41. The van der Waals surface area contributed by atoms with E-state index in [1.54, 1.807) is 13.8 Å². The summed E-state index contributed by atoms with van der Waals surface area (Å²) < 4.78 is 46.8. The molecule has 1 aliphatic rings. The van der Waals surface area contributed by atoms with Crippen molar-refractivity contribution >= 4 is 15.7 Å². The Balaban J connectivity index is 1.69. The zero-order chi connectivity index (χ0) is 18.5. The molecule has 26 heavy (non-hydrogen) atoms. The van der Waals surface area contributed by atoms with Crippen molar-refractivity contribution in [2.75, 3.05) is 4.72 Å². The Kier molecular flexibility index (Phi) is 3.83. The number of aryl methyl sites for hydroxylation is 1. The van der Waals surface area contributed by atoms with Crippen LogP contribution >= 0.6 is 0 Å². The lowest BCUT2D eigenvalue weighted by atomic mass is 10.2. The number of halogens is 1. The van der Waals surface area contributed by atoms with Crippen LogP contribution in [0.4, 0.5) is 10.1 Å². The highest BCUT2D eigenvalue weighted by molar-refractivity contribution is 7.92. The highest BCUT2D eigenvalue weighted by atomic mass is 32.2. The maximum absolute atomic E-state index is 13.0. The molecular formula is C17H17FN4O3S. The number of sulfonamides is 1. The van der Waals surface area contributed by atoms with Gasteiger partial charge in [-0.3, -0.25) is 4.72 Å². The largest absolute Gasteiger partial charge is 0.419 e. The van der Waals surface area contributed by atoms with Crippen LogP contribution in [0.25, 0.3) is 11.6 Å². The molecular weight excluding hydrogens is 359 g/mol. The van der Waals surface area contributed by atoms with E-state index in [2.05, 4.69) is 19.9 Å². The summed E-state index contributed by atoms with van der Waals surface area (Å²) in [5, 5.41) is 8.07. The van der Waals surface area contributed by atoms with Crippen LogP contribution < -0.4 is 4.72 Å². The molecule has 0 aliphatic heterocycles. The smallest absolute Gasteiger partial charge is 0.264 e. The quantitative estimate of drug-likeness (QED) is 0.710. The molecule has 2 N–H and O–H groups in total. The molecule has 0 unspecified atom stereocenters. The molecule has 1 saturated carbocycles. The number of aromatic nitrogens is 3. The third-order valence-corrected chi connectivity index (χ3v) is 5.97. The lowest BCUT2D eigenvalue weighted by Gasteiger charge is -2.08. The van der Waals surface area contributed by atoms with Gasteiger partial charge in [-0.05, 0) is 51.0 Å². The van der Waals surface area contributed by atoms with Crippen LogP contribution in [0.1, 0.15) is 35.9 Å². The van der Waals surface area contributed by atoms with Crippen LogP contribution in [-0.2, 0) is 10.0 Å². The number of hydrogen-bond donors (Lipinski definition) is 2. The minimum Gasteiger partial charge on any atom is -0.419 e. The maximum Gasteiger partial charge on any atom is 0.264 e. The van der Waals surface area contributed by atoms with Gasteiger partial charge in [0.1, 0.15) is 16.4 Å². The molecule has 136 valence electrons. The molecule has 0 atom stereocenters. The molecule has 0 bridgehead atoms. The molecule has 0 radical (unpaired) electrons. The van der Waals surface area contributed by atoms with E-state index in [0.717, 1.165) is 12.8 Å². The highest BCUT2D eigenvalue weighted by Crippen LogP contribution is 2.40. The van der Waals surface area contributed by atoms with Crippen LogP contribution in [0.15, 0.2) is 33.6 Å². The predicted octanol–water partition coefficient (Wildman–Crippen LogP) is 3.50. The lowest BCUT2D eigenvalue weighted by molar-refractivity contribution is 0.507. The summed E-state index contributed by atoms with van der Waals surface area (Å²) in [6.45, 7) is 3.34. The summed E-state index contributed by atoms with van der Waals surface area (Å²) in [5.41, 5.74) is 1.71. The number of anilines is 1. The van der Waals surface area contributed by atoms with E-state index < -0.39 is 15.8 Å². The second kappa shape index (κ2) is 5.94. The van der Waals surface area contributed by atoms with E-state index in [9.17, 15) is 12.8 Å². The molecule has 9 heteroatoms. The Morgan fingerprint density at radius 2 is 1.88 bits per heavy atom. The van der Waals surface area contributed by atoms with Gasteiger partial charge in [0.25, 0.3) is 15.9 Å². The number of aromatic amines is 1. The Morgan fingerprint density at radius 1 is 1.19 bits per heavy atom. The summed E-state index contributed by atoms with van der Waals surface area (Å²) >= 11 is 0. The summed E-state index contributed by atoms with van der Waals surface area (Å²) in [5.74, 6) is 0.735. The summed E-state index contributed by atoms with van der Waals surface area (Å²) in [7, 11) is -3.87. The molecule has 2 aromatic heterocycles. The number of H-pyrrole nitrogens is 1. The number of hydrogen-bond acceptors (Lipinski definition) is 5. The first-order valence-corrected chi connectivity index (χ1v) is 9.65. The fraction of sp³-hybridized carbons (Fsp3) is 0.294. The molecule has 7 nitrogen and oxygen atoms in total. The lowest BCUT2D eigenvalue weighted by Crippen LogP contribution is -2.14. The minimum absolute atomic E-state index is 0.114. The van der Waals surface area contributed by atoms with Gasteiger partial charge in [-0.1, -0.05) is 0 Å². The Labute approximate surface area is 149 Å². The second-order valence-corrected chi connectivity index (χ2v) is 8.03. The van der Waals surface area contributed by atoms with E-state index >= 15 is 0 Å². The molecule has 1 fully saturated rings. The third-order valence-electron chi connectivity index (χ3n) is 4.31. The first kappa shape index (κ1) is 16.8. The van der Waals surface area contributed by atoms with Gasteiger partial charge in [0, 0.05) is 22.9 Å². The van der Waals surface area contributed by atoms with Gasteiger partial charge in [-0.2, -0.15) is 0 Å². The zero-order valence-electron chi connectivity index (χ0n) is 14.2. The topological polar surface area (TPSA) is 101 Å². The average Bonchev–Trinajstić information content (AvgIpc) is 3.23. The fourth-order valence-electron chi connectivity index (χ4n) is 2.90. The third kappa shape index (κ3) is 2.98. The van der Waals surface area contributed by atoms with Crippen molar-refractivity contribution in [2.24, 2.45) is 0 Å². The Morgan fingerprint density at radius 3 is 2.54 bits per heavy atom. The fourth-order valence-corrected chi connectivity index (χ4v) is 4.41. The molecule has 0 amide bonds. The molecule has 4 rings (SSSR count). The van der Waals surface area contributed by atoms with Crippen LogP contribution in [0.2, 0.25) is 0 Å². The Bertz CT molecular complexity index is 1070. The van der Waals surface area contributed by atoms with Crippen molar-refractivity contribution in [3.8, 4) is 11.6 Å². The molecule has 0 saturated heterocycles. The summed E-state index contributed by atoms with van der Waals surface area (Å²) in [6, 6.07) is 5.12. The van der Waals surface area contributed by atoms with E-state index in [-0.39, 0.29) is 16.5 Å². The standard InChI is InChI=1S/C17H17FN4O3S/c1-9-14(17-21-20-16(25-17)11-3-4-11)19-10(2)15(9)26(23,24)22-13-7-5-12(18)6-8-13/h5-8,11,19,22H,3-4H2,1-2H3. The summed E-state index contributed by atoms with van der Waals surface area (Å²) in [6.07, 6.45) is 2.07. The van der Waals surface area contributed by atoms with Gasteiger partial charge in [0.05, 0.1) is 0 Å². The average molecular weight is 376 g/mol. The van der Waals surface area contributed by atoms with Crippen LogP contribution in [0.3, 0.4) is 0 Å². The van der Waals surface area contributed by atoms with E-state index in [1.165, 1.54) is 24.3 Å². The van der Waals surface area contributed by atoms with Gasteiger partial charge in [-0.25, -0.2) is 12.8 Å². The van der Waals surface area contributed by atoms with Crippen molar-refractivity contribution in [2.45, 2.75) is 37.5 Å². The van der Waals surface area contributed by atoms with Crippen LogP contribution in [-0.4, -0.2) is 23.6 Å². The van der Waals surface area contributed by atoms with E-state index in [4.69, 9.17) is 4.42 Å². The zero-order valence-corrected chi connectivity index (χ0v) is 15.0. The van der Waals surface area contributed by atoms with Gasteiger partial charge in [0.15, 0.2) is 0 Å². The van der Waals surface area contributed by atoms with Crippen LogP contribution in [0.5, 0.6) is 0 Å².